The quantitative estimate of drug-likeness (QED) is 0.639. The molecule has 2 amide bonds. The van der Waals surface area contributed by atoms with Gasteiger partial charge >= 0.3 is 0 Å². The van der Waals surface area contributed by atoms with Crippen LogP contribution < -0.4 is 10.6 Å². The number of carbonyl (C=O) groups is 2. The third-order valence-electron chi connectivity index (χ3n) is 6.49. The minimum atomic E-state index is -0.568. The fourth-order valence-electron chi connectivity index (χ4n) is 4.85. The van der Waals surface area contributed by atoms with E-state index in [2.05, 4.69) is 34.9 Å². The SMILES string of the molecule is CC[C@]1(c2ccc(NC[C@H]3C[C@H]4C=C[C@H]3C4)cc2)CCC(=O)NC1=O. The highest BCUT2D eigenvalue weighted by molar-refractivity contribution is 6.03. The Morgan fingerprint density at radius 2 is 1.96 bits per heavy atom. The lowest BCUT2D eigenvalue weighted by Crippen LogP contribution is -2.51. The molecule has 4 atom stereocenters. The Balaban J connectivity index is 1.43. The van der Waals surface area contributed by atoms with Crippen molar-refractivity contribution in [2.45, 2.75) is 44.4 Å². The van der Waals surface area contributed by atoms with E-state index < -0.39 is 5.41 Å². The first-order chi connectivity index (χ1) is 12.1. The summed E-state index contributed by atoms with van der Waals surface area (Å²) in [6.45, 7) is 3.03. The van der Waals surface area contributed by atoms with Gasteiger partial charge in [0, 0.05) is 18.7 Å². The van der Waals surface area contributed by atoms with Crippen molar-refractivity contribution in [3.63, 3.8) is 0 Å². The van der Waals surface area contributed by atoms with E-state index in [4.69, 9.17) is 0 Å². The number of anilines is 1. The third-order valence-corrected chi connectivity index (χ3v) is 6.49. The normalized spacial score (nSPS) is 33.6. The summed E-state index contributed by atoms with van der Waals surface area (Å²) in [5.74, 6) is 1.99. The first-order valence-electron chi connectivity index (χ1n) is 9.48. The number of allylic oxidation sites excluding steroid dienone is 2. The van der Waals surface area contributed by atoms with E-state index >= 15 is 0 Å². The first-order valence-corrected chi connectivity index (χ1v) is 9.48. The summed E-state index contributed by atoms with van der Waals surface area (Å²) in [4.78, 5) is 23.9. The van der Waals surface area contributed by atoms with Crippen molar-refractivity contribution in [1.82, 2.24) is 5.32 Å². The topological polar surface area (TPSA) is 58.2 Å². The zero-order valence-corrected chi connectivity index (χ0v) is 14.8. The highest BCUT2D eigenvalue weighted by Crippen LogP contribution is 2.43. The van der Waals surface area contributed by atoms with Crippen LogP contribution in [0.3, 0.4) is 0 Å². The molecule has 2 aliphatic carbocycles. The van der Waals surface area contributed by atoms with Crippen LogP contribution >= 0.6 is 0 Å². The van der Waals surface area contributed by atoms with E-state index in [1.807, 2.05) is 19.1 Å². The molecule has 2 bridgehead atoms. The molecule has 4 heteroatoms. The number of benzene rings is 1. The smallest absolute Gasteiger partial charge is 0.237 e. The largest absolute Gasteiger partial charge is 0.385 e. The number of hydrogen-bond donors (Lipinski definition) is 2. The van der Waals surface area contributed by atoms with Crippen molar-refractivity contribution in [2.24, 2.45) is 17.8 Å². The van der Waals surface area contributed by atoms with Gasteiger partial charge in [0.15, 0.2) is 0 Å². The van der Waals surface area contributed by atoms with E-state index in [0.29, 0.717) is 19.3 Å². The number of piperidine rings is 1. The van der Waals surface area contributed by atoms with Crippen LogP contribution in [0, 0.1) is 17.8 Å². The Labute approximate surface area is 149 Å². The van der Waals surface area contributed by atoms with Crippen LogP contribution in [-0.2, 0) is 15.0 Å². The second kappa shape index (κ2) is 6.32. The lowest BCUT2D eigenvalue weighted by molar-refractivity contribution is -0.138. The van der Waals surface area contributed by atoms with Gasteiger partial charge in [-0.05, 0) is 61.1 Å². The fourth-order valence-corrected chi connectivity index (χ4v) is 4.85. The molecule has 0 spiro atoms. The molecule has 1 heterocycles. The van der Waals surface area contributed by atoms with E-state index in [0.717, 1.165) is 35.5 Å². The average molecular weight is 338 g/mol. The van der Waals surface area contributed by atoms with E-state index in [1.165, 1.54) is 12.8 Å². The number of carbonyl (C=O) groups excluding carboxylic acids is 2. The number of nitrogens with one attached hydrogen (secondary N) is 2. The van der Waals surface area contributed by atoms with E-state index in [1.54, 1.807) is 0 Å². The zero-order chi connectivity index (χ0) is 17.4. The average Bonchev–Trinajstić information content (AvgIpc) is 3.24. The molecule has 2 fully saturated rings. The second-order valence-corrected chi connectivity index (χ2v) is 7.81. The Hall–Kier alpha value is -2.10. The molecule has 2 N–H and O–H groups in total. The van der Waals surface area contributed by atoms with Crippen molar-refractivity contribution in [1.29, 1.82) is 0 Å². The van der Waals surface area contributed by atoms with E-state index in [-0.39, 0.29) is 11.8 Å². The van der Waals surface area contributed by atoms with Crippen LogP contribution in [0.25, 0.3) is 0 Å². The third kappa shape index (κ3) is 2.88. The first kappa shape index (κ1) is 16.4. The van der Waals surface area contributed by atoms with Crippen molar-refractivity contribution in [2.75, 3.05) is 11.9 Å². The highest BCUT2D eigenvalue weighted by atomic mass is 16.2. The zero-order valence-electron chi connectivity index (χ0n) is 14.8. The molecule has 1 aliphatic heterocycles. The molecule has 25 heavy (non-hydrogen) atoms. The molecule has 1 saturated heterocycles. The number of fused-ring (bicyclic) bond motifs is 2. The van der Waals surface area contributed by atoms with Gasteiger partial charge in [-0.1, -0.05) is 31.2 Å². The molecule has 1 aromatic rings. The molecule has 4 nitrogen and oxygen atoms in total. The summed E-state index contributed by atoms with van der Waals surface area (Å²) in [5, 5.41) is 6.07. The summed E-state index contributed by atoms with van der Waals surface area (Å²) in [6, 6.07) is 8.23. The van der Waals surface area contributed by atoms with Crippen molar-refractivity contribution in [3.8, 4) is 0 Å². The van der Waals surface area contributed by atoms with Gasteiger partial charge in [-0.3, -0.25) is 14.9 Å². The maximum Gasteiger partial charge on any atom is 0.237 e. The molecule has 1 aromatic carbocycles. The van der Waals surface area contributed by atoms with Crippen molar-refractivity contribution < 1.29 is 9.59 Å². The van der Waals surface area contributed by atoms with Gasteiger partial charge in [-0.25, -0.2) is 0 Å². The van der Waals surface area contributed by atoms with Crippen LogP contribution in [0.1, 0.15) is 44.6 Å². The molecule has 1 saturated carbocycles. The van der Waals surface area contributed by atoms with Gasteiger partial charge in [-0.2, -0.15) is 0 Å². The maximum absolute atomic E-state index is 12.5. The number of rotatable bonds is 5. The Morgan fingerprint density at radius 1 is 1.16 bits per heavy atom. The van der Waals surface area contributed by atoms with Gasteiger partial charge in [0.1, 0.15) is 0 Å². The van der Waals surface area contributed by atoms with Crippen molar-refractivity contribution >= 4 is 17.5 Å². The highest BCUT2D eigenvalue weighted by Gasteiger charge is 2.42. The molecular weight excluding hydrogens is 312 g/mol. The Morgan fingerprint density at radius 3 is 2.56 bits per heavy atom. The lowest BCUT2D eigenvalue weighted by atomic mass is 9.72. The fraction of sp³-hybridized carbons (Fsp3) is 0.524. The van der Waals surface area contributed by atoms with Gasteiger partial charge in [0.25, 0.3) is 0 Å². The Bertz CT molecular complexity index is 709. The molecular formula is C21H26N2O2. The van der Waals surface area contributed by atoms with Gasteiger partial charge in [-0.15, -0.1) is 0 Å². The predicted molar refractivity (Wildman–Crippen MR) is 98.1 cm³/mol. The second-order valence-electron chi connectivity index (χ2n) is 7.81. The monoisotopic (exact) mass is 338 g/mol. The van der Waals surface area contributed by atoms with Crippen LogP contribution in [0.15, 0.2) is 36.4 Å². The molecule has 3 aliphatic rings. The predicted octanol–water partition coefficient (Wildman–Crippen LogP) is 3.40. The number of imide groups is 1. The van der Waals surface area contributed by atoms with Crippen LogP contribution in [-0.4, -0.2) is 18.4 Å². The Kier molecular flexibility index (Phi) is 4.14. The summed E-state index contributed by atoms with van der Waals surface area (Å²) in [5.41, 5.74) is 1.55. The van der Waals surface area contributed by atoms with Gasteiger partial charge < -0.3 is 5.32 Å². The maximum atomic E-state index is 12.5. The summed E-state index contributed by atoms with van der Waals surface area (Å²) in [7, 11) is 0. The van der Waals surface area contributed by atoms with Gasteiger partial charge in [0.2, 0.25) is 11.8 Å². The van der Waals surface area contributed by atoms with Crippen LogP contribution in [0.4, 0.5) is 5.69 Å². The molecule has 4 rings (SSSR count). The lowest BCUT2D eigenvalue weighted by Gasteiger charge is -2.35. The minimum Gasteiger partial charge on any atom is -0.385 e. The number of amides is 2. The van der Waals surface area contributed by atoms with Crippen LogP contribution in [0.2, 0.25) is 0 Å². The number of hydrogen-bond acceptors (Lipinski definition) is 3. The molecule has 0 unspecified atom stereocenters. The van der Waals surface area contributed by atoms with E-state index in [9.17, 15) is 9.59 Å². The van der Waals surface area contributed by atoms with Gasteiger partial charge in [0.05, 0.1) is 5.41 Å². The summed E-state index contributed by atoms with van der Waals surface area (Å²) < 4.78 is 0. The molecule has 132 valence electrons. The summed E-state index contributed by atoms with van der Waals surface area (Å²) in [6.07, 6.45) is 9.11. The van der Waals surface area contributed by atoms with Crippen molar-refractivity contribution in [3.05, 3.63) is 42.0 Å². The standard InChI is InChI=1S/C21H26N2O2/c1-2-21(10-9-19(24)23-20(21)25)17-5-7-18(8-6-17)22-13-16-12-14-3-4-15(16)11-14/h3-8,14-16,22H,2,9-13H2,1H3,(H,23,24,25)/t14-,15-,16+,21+/m0/s1. The molecule has 0 aromatic heterocycles. The molecule has 0 radical (unpaired) electrons. The van der Waals surface area contributed by atoms with Crippen LogP contribution in [0.5, 0.6) is 0 Å². The summed E-state index contributed by atoms with van der Waals surface area (Å²) >= 11 is 0. The minimum absolute atomic E-state index is 0.152.